The molecule has 20 rings (SSSR count). The number of fused-ring (bicyclic) bond motifs is 4. The van der Waals surface area contributed by atoms with Crippen LogP contribution in [0.3, 0.4) is 0 Å². The third kappa shape index (κ3) is 26.0. The maximum absolute atomic E-state index is 12.4. The number of nitrogens with one attached hydrogen (secondary N) is 2. The fourth-order valence-electron chi connectivity index (χ4n) is 16.7. The number of anilines is 6. The number of morpholine rings is 5. The summed E-state index contributed by atoms with van der Waals surface area (Å²) in [6.45, 7) is 21.3. The van der Waals surface area contributed by atoms with E-state index in [9.17, 15) is 21.0 Å². The predicted octanol–water partition coefficient (Wildman–Crippen LogP) is 13.4. The van der Waals surface area contributed by atoms with E-state index in [1.54, 1.807) is 106 Å². The number of aliphatic imine (C=N–C) groups is 2. The fourth-order valence-corrected chi connectivity index (χ4v) is 19.5. The van der Waals surface area contributed by atoms with E-state index in [1.807, 2.05) is 80.2 Å². The number of aromatic amines is 1. The summed E-state index contributed by atoms with van der Waals surface area (Å²) in [6.07, 6.45) is 32.9. The van der Waals surface area contributed by atoms with Gasteiger partial charge in [0.25, 0.3) is 0 Å². The number of rotatable bonds is 18. The molecule has 0 amide bonds. The van der Waals surface area contributed by atoms with E-state index in [0.717, 1.165) is 147 Å². The van der Waals surface area contributed by atoms with Crippen LogP contribution in [0.1, 0.15) is 87.2 Å². The zero-order chi connectivity index (χ0) is 98.2. The minimum absolute atomic E-state index is 0.171. The lowest BCUT2D eigenvalue weighted by Crippen LogP contribution is -2.44. The van der Waals surface area contributed by atoms with Gasteiger partial charge in [0.15, 0.2) is 58.2 Å². The molecule has 44 heteroatoms. The highest BCUT2D eigenvalue weighted by Gasteiger charge is 2.32. The van der Waals surface area contributed by atoms with E-state index in [2.05, 4.69) is 164 Å². The number of benzene rings is 1. The van der Waals surface area contributed by atoms with Crippen LogP contribution in [-0.4, -0.2) is 314 Å². The zero-order valence-electron chi connectivity index (χ0n) is 81.4. The maximum atomic E-state index is 12.4. The van der Waals surface area contributed by atoms with Gasteiger partial charge in [-0.05, 0) is 89.3 Å². The highest BCUT2D eigenvalue weighted by Crippen LogP contribution is 2.44. The van der Waals surface area contributed by atoms with Crippen LogP contribution in [-0.2, 0) is 91.7 Å². The third-order valence-corrected chi connectivity index (χ3v) is 26.4. The van der Waals surface area contributed by atoms with E-state index < -0.39 is 48.6 Å². The van der Waals surface area contributed by atoms with Crippen molar-refractivity contribution >= 4 is 148 Å². The van der Waals surface area contributed by atoms with Gasteiger partial charge in [0, 0.05) is 281 Å². The fraction of sp³-hybridized carbons (Fsp3) is 0.453. The summed E-state index contributed by atoms with van der Waals surface area (Å²) in [7, 11) is -8.34. The van der Waals surface area contributed by atoms with Gasteiger partial charge >= 0.3 is 0 Å². The molecule has 0 spiro atoms. The van der Waals surface area contributed by atoms with Crippen molar-refractivity contribution in [3.05, 3.63) is 143 Å². The van der Waals surface area contributed by atoms with E-state index in [1.165, 1.54) is 18.5 Å². The van der Waals surface area contributed by atoms with Crippen LogP contribution in [0.2, 0.25) is 0 Å². The molecule has 10 aromatic heterocycles. The minimum Gasteiger partial charge on any atom is -0.481 e. The average Bonchev–Trinajstić information content (AvgIpc) is 1.65. The standard InChI is InChI=1S/C21H26N6O2S.C20H25N5O3S.C19H23N5O2S.C18H22N6O2S.C17H24N6O2S/c1-13-12-29-9-8-27(13)19-11-18(26-30(2,3)28)24-21(25-19)15-6-7-22-20-16(15)10-17(23-20)14-4-5-14;1-13-12-28-9-8-25(13)18-11-17(24-29(3,4)26)22-20(23-18)15-10-19(27-2)21-16-7-5-6-14(15)16;1-13-12-26-8-7-24(13)18-9-17(23-27(2,3)25)21-19(22-18)15-6-4-5-14-10-20-11-16(14)15;1-12-11-26-9-8-24(12)16-10-15(23-27(2,3)25)21-18(22-16)13-4-6-19-14-5-7-20-17(13)14;1-12-11-25-8-7-23(12)16-10-15(22-26(3,4)24)20-17(21-16)13-5-6-19-14(9-13)18-2/h6-7,10-11,13-14H,4-5,8-9,12H2,1-3H3,(H,22,23);5-6,10-11,13H,7-9,12H2,1-4H3;4-6,9,11,13H,7-8,10,12H2,1-3H3;4,6-7,10,12H,5,8-9,11H2,1-3H3;5-6,9-10,12H,7-8,11H2,1-4H3,(H,18,19)/t3*13-;2*12-/m11111/s1. The van der Waals surface area contributed by atoms with Gasteiger partial charge in [0.2, 0.25) is 5.88 Å². The normalized spacial score (nSPS) is 19.0. The molecule has 139 heavy (non-hydrogen) atoms. The molecule has 6 fully saturated rings. The Morgan fingerprint density at radius 1 is 0.432 bits per heavy atom. The highest BCUT2D eigenvalue weighted by atomic mass is 32.2. The molecule has 5 atom stereocenters. The number of nitrogens with zero attached hydrogens (tertiary/aromatic N) is 26. The number of allylic oxidation sites excluding steroid dienone is 1. The largest absolute Gasteiger partial charge is 0.481 e. The van der Waals surface area contributed by atoms with Gasteiger partial charge in [-0.3, -0.25) is 15.0 Å². The Morgan fingerprint density at radius 2 is 0.849 bits per heavy atom. The molecule has 1 saturated carbocycles. The van der Waals surface area contributed by atoms with Crippen molar-refractivity contribution in [3.63, 3.8) is 0 Å². The number of methoxy groups -OCH3 is 1. The first-order valence-electron chi connectivity index (χ1n) is 45.9. The van der Waals surface area contributed by atoms with Gasteiger partial charge < -0.3 is 63.2 Å². The van der Waals surface area contributed by atoms with Crippen molar-refractivity contribution in [2.75, 3.05) is 205 Å². The van der Waals surface area contributed by atoms with E-state index in [0.29, 0.717) is 149 Å². The van der Waals surface area contributed by atoms with E-state index in [-0.39, 0.29) is 30.2 Å². The molecule has 2 N–H and O–H groups in total. The highest BCUT2D eigenvalue weighted by molar-refractivity contribution is 7.93. The molecule has 11 aromatic rings. The van der Waals surface area contributed by atoms with Crippen LogP contribution in [0.4, 0.5) is 69.7 Å². The number of hydrogen-bond donors (Lipinski definition) is 2. The second kappa shape index (κ2) is 43.0. The van der Waals surface area contributed by atoms with E-state index >= 15 is 0 Å². The van der Waals surface area contributed by atoms with E-state index in [4.69, 9.17) is 53.3 Å². The first-order valence-corrected chi connectivity index (χ1v) is 57.6. The van der Waals surface area contributed by atoms with Crippen LogP contribution in [0.25, 0.3) is 74.0 Å². The van der Waals surface area contributed by atoms with Crippen LogP contribution in [0.5, 0.6) is 5.88 Å². The second-order valence-electron chi connectivity index (χ2n) is 36.5. The van der Waals surface area contributed by atoms with Crippen molar-refractivity contribution < 1.29 is 49.5 Å². The molecule has 39 nitrogen and oxygen atoms in total. The Hall–Kier alpha value is -12.0. The van der Waals surface area contributed by atoms with Crippen molar-refractivity contribution in [2.45, 2.75) is 103 Å². The molecule has 736 valence electrons. The average molecular weight is 1990 g/mol. The quantitative estimate of drug-likeness (QED) is 0.0805. The first kappa shape index (κ1) is 100.0. The van der Waals surface area contributed by atoms with Crippen LogP contribution in [0.15, 0.2) is 141 Å². The Kier molecular flexibility index (Phi) is 30.9. The smallest absolute Gasteiger partial charge is 0.213 e. The monoisotopic (exact) mass is 1990 g/mol. The molecule has 5 saturated heterocycles. The van der Waals surface area contributed by atoms with Crippen LogP contribution in [0, 0.1) is 0 Å². The number of ether oxygens (including phenoxy) is 6. The first-order chi connectivity index (χ1) is 66.4. The summed E-state index contributed by atoms with van der Waals surface area (Å²) in [5.41, 5.74) is 12.2. The number of aromatic nitrogens is 15. The molecule has 9 aliphatic rings. The van der Waals surface area contributed by atoms with Gasteiger partial charge in [-0.25, -0.2) is 85.8 Å². The summed E-state index contributed by atoms with van der Waals surface area (Å²) in [4.78, 5) is 87.9. The maximum Gasteiger partial charge on any atom is 0.213 e. The number of hydrogen-bond acceptors (Lipinski definition) is 38. The molecule has 0 bridgehead atoms. The molecule has 0 unspecified atom stereocenters. The summed E-state index contributed by atoms with van der Waals surface area (Å²) in [6, 6.07) is 27.5. The second-order valence-corrected chi connectivity index (χ2v) is 49.2. The minimum atomic E-state index is -2.37. The summed E-state index contributed by atoms with van der Waals surface area (Å²) < 4.78 is 116. The van der Waals surface area contributed by atoms with Crippen LogP contribution < -0.4 is 34.6 Å². The molecule has 1 aromatic carbocycles. The van der Waals surface area contributed by atoms with Gasteiger partial charge in [-0.1, -0.05) is 30.4 Å². The molecule has 0 radical (unpaired) electrons. The van der Waals surface area contributed by atoms with Crippen LogP contribution >= 0.6 is 0 Å². The van der Waals surface area contributed by atoms with Crippen molar-refractivity contribution in [1.82, 2.24) is 74.8 Å². The summed E-state index contributed by atoms with van der Waals surface area (Å²) in [5.74, 6) is 10.5. The Bertz CT molecular complexity index is 7030. The molecular weight excluding hydrogens is 1870 g/mol. The Morgan fingerprint density at radius 3 is 1.29 bits per heavy atom. The van der Waals surface area contributed by atoms with Crippen molar-refractivity contribution in [2.24, 2.45) is 31.8 Å². The zero-order valence-corrected chi connectivity index (χ0v) is 85.5. The predicted molar refractivity (Wildman–Crippen MR) is 553 cm³/mol. The van der Waals surface area contributed by atoms with Gasteiger partial charge in [-0.15, -0.1) is 0 Å². The lowest BCUT2D eigenvalue weighted by atomic mass is 10.0. The molecule has 17 heterocycles. The van der Waals surface area contributed by atoms with Crippen molar-refractivity contribution in [1.29, 1.82) is 0 Å². The van der Waals surface area contributed by atoms with Gasteiger partial charge in [-0.2, -0.15) is 21.8 Å². The number of H-pyrrole nitrogens is 1. The van der Waals surface area contributed by atoms with Gasteiger partial charge in [0.1, 0.15) is 40.6 Å². The lowest BCUT2D eigenvalue weighted by Gasteiger charge is -2.34. The SMILES string of the molecule is CNc1cc(-c2nc(N=S(C)(C)=O)cc(N3CCOC[C@H]3C)n2)ccn1.COc1cc(-c2nc(N=S(C)(C)=O)cc(N3CCOC[C@H]3C)n2)c2c(n1)CC=C2.C[C@@H]1COCCN1c1cc(N=S(C)(C)=O)nc(-c2cccc3c2C=NC3)n1.C[C@@H]1COCCN1c1cc(N=S(C)(C)=O)nc(-c2ccnc3[nH]c(C4CC4)cc23)n1.C[C@@H]1COCCN1c1cc(N=S(C)(C)=O)nc(-c2ccnc3c2N=CC3)n1. The molecule has 7 aliphatic heterocycles. The third-order valence-electron chi connectivity index (χ3n) is 23.3. The molecule has 2 aliphatic carbocycles. The van der Waals surface area contributed by atoms with Crippen molar-refractivity contribution in [3.8, 4) is 62.8 Å². The Balaban J connectivity index is 0.000000126. The van der Waals surface area contributed by atoms with Gasteiger partial charge in [0.05, 0.1) is 127 Å². The lowest BCUT2D eigenvalue weighted by molar-refractivity contribution is 0.0985. The summed E-state index contributed by atoms with van der Waals surface area (Å²) in [5, 5.41) is 4.02. The topological polar surface area (TPSA) is 452 Å². The molecular formula is C95H120N28O11S5. The summed E-state index contributed by atoms with van der Waals surface area (Å²) >= 11 is 0. The number of pyridine rings is 4. The Labute approximate surface area is 813 Å².